The first-order valence-electron chi connectivity index (χ1n) is 19.3. The zero-order valence-corrected chi connectivity index (χ0v) is 32.7. The number of methoxy groups -OCH3 is 2. The van der Waals surface area contributed by atoms with Crippen molar-refractivity contribution in [1.82, 2.24) is 30.2 Å². The number of fused-ring (bicyclic) bond motifs is 5. The molecule has 16 nitrogen and oxygen atoms in total. The van der Waals surface area contributed by atoms with Crippen LogP contribution in [-0.2, 0) is 29.1 Å². The third-order valence-electron chi connectivity index (χ3n) is 11.2. The van der Waals surface area contributed by atoms with Crippen LogP contribution in [0.5, 0.6) is 11.6 Å². The Morgan fingerprint density at radius 2 is 1.88 bits per heavy atom. The van der Waals surface area contributed by atoms with Crippen LogP contribution < -0.4 is 24.8 Å². The van der Waals surface area contributed by atoms with Gasteiger partial charge in [0.05, 0.1) is 26.0 Å². The highest BCUT2D eigenvalue weighted by Gasteiger charge is 2.62. The molecule has 4 aliphatic rings. The topological polar surface area (TPSA) is 208 Å². The van der Waals surface area contributed by atoms with Gasteiger partial charge in [0.15, 0.2) is 5.82 Å². The number of allylic oxidation sites excluding steroid dienone is 1. The molecule has 2 aromatic carbocycles. The first-order chi connectivity index (χ1) is 27.9. The fourth-order valence-electron chi connectivity index (χ4n) is 7.77. The lowest BCUT2D eigenvalue weighted by Gasteiger charge is -2.29. The molecule has 3 N–H and O–H groups in total. The van der Waals surface area contributed by atoms with Gasteiger partial charge in [-0.3, -0.25) is 19.1 Å². The number of benzene rings is 2. The van der Waals surface area contributed by atoms with Gasteiger partial charge in [-0.2, -0.15) is 4.98 Å². The maximum absolute atomic E-state index is 14.5. The number of aromatic nitrogens is 2. The molecule has 2 aliphatic carbocycles. The summed E-state index contributed by atoms with van der Waals surface area (Å²) in [5.41, 5.74) is -0.311. The number of rotatable bonds is 8. The molecule has 1 saturated heterocycles. The maximum atomic E-state index is 14.5. The zero-order chi connectivity index (χ0) is 40.8. The zero-order valence-electron chi connectivity index (χ0n) is 31.9. The summed E-state index contributed by atoms with van der Waals surface area (Å²) >= 11 is 0. The van der Waals surface area contributed by atoms with Crippen LogP contribution in [0.2, 0.25) is 0 Å². The van der Waals surface area contributed by atoms with E-state index in [1.165, 1.54) is 37.3 Å². The molecule has 0 unspecified atom stereocenters. The minimum Gasteiger partial charge on any atom is -0.497 e. The SMILES string of the molecule is COC(=O)N[C@H]1CCCCC/C=C\[C@@H]2C[C@@]2(C(=O)NS(=O)(=O)C2CC2)NC(=O)[C@@H]2C[C@@H](Oc3nc(-c4cccc(OC)c4)nc4c3oc3ccc(F)cc34)CN2C1=O. The minimum absolute atomic E-state index is 0.0298. The average Bonchev–Trinajstić information content (AvgIpc) is 4.11. The monoisotopic (exact) mass is 818 g/mol. The Kier molecular flexibility index (Phi) is 10.5. The molecule has 4 heterocycles. The molecule has 4 aromatic rings. The number of halogens is 1. The lowest BCUT2D eigenvalue weighted by Crippen LogP contribution is -2.58. The Balaban J connectivity index is 1.16. The second-order valence-corrected chi connectivity index (χ2v) is 17.1. The molecule has 2 aliphatic heterocycles. The molecule has 0 spiro atoms. The van der Waals surface area contributed by atoms with E-state index in [4.69, 9.17) is 28.6 Å². The van der Waals surface area contributed by atoms with Crippen molar-refractivity contribution < 1.29 is 50.6 Å². The van der Waals surface area contributed by atoms with Crippen molar-refractivity contribution in [3.05, 3.63) is 60.4 Å². The van der Waals surface area contributed by atoms with Gasteiger partial charge in [-0.1, -0.05) is 37.1 Å². The van der Waals surface area contributed by atoms with E-state index in [1.54, 1.807) is 24.3 Å². The van der Waals surface area contributed by atoms with E-state index in [9.17, 15) is 32.0 Å². The summed E-state index contributed by atoms with van der Waals surface area (Å²) in [6.45, 7) is -0.149. The second kappa shape index (κ2) is 15.5. The number of hydrogen-bond acceptors (Lipinski definition) is 12. The number of carbonyl (C=O) groups excluding carboxylic acids is 4. The van der Waals surface area contributed by atoms with Gasteiger partial charge < -0.3 is 34.2 Å². The summed E-state index contributed by atoms with van der Waals surface area (Å²) < 4.78 is 65.4. The fourth-order valence-corrected chi connectivity index (χ4v) is 9.13. The van der Waals surface area contributed by atoms with Crippen molar-refractivity contribution in [3.63, 3.8) is 0 Å². The lowest BCUT2D eigenvalue weighted by molar-refractivity contribution is -0.141. The molecule has 58 heavy (non-hydrogen) atoms. The molecule has 0 bridgehead atoms. The molecule has 18 heteroatoms. The van der Waals surface area contributed by atoms with Crippen LogP contribution in [0.1, 0.15) is 57.8 Å². The molecule has 5 atom stereocenters. The van der Waals surface area contributed by atoms with Crippen LogP contribution in [-0.4, -0.2) is 96.8 Å². The van der Waals surface area contributed by atoms with E-state index in [-0.39, 0.29) is 48.6 Å². The number of nitrogens with zero attached hydrogens (tertiary/aromatic N) is 3. The quantitative estimate of drug-likeness (QED) is 0.213. The van der Waals surface area contributed by atoms with Crippen molar-refractivity contribution >= 4 is 55.9 Å². The number of furan rings is 1. The molecular formula is C40H43FN6O10S. The van der Waals surface area contributed by atoms with Crippen molar-refractivity contribution in [2.75, 3.05) is 20.8 Å². The molecular weight excluding hydrogens is 776 g/mol. The summed E-state index contributed by atoms with van der Waals surface area (Å²) in [5, 5.41) is 5.16. The minimum atomic E-state index is -3.94. The molecule has 8 rings (SSSR count). The van der Waals surface area contributed by atoms with Gasteiger partial charge in [0.2, 0.25) is 27.4 Å². The largest absolute Gasteiger partial charge is 0.497 e. The Morgan fingerprint density at radius 3 is 2.66 bits per heavy atom. The molecule has 2 saturated carbocycles. The average molecular weight is 819 g/mol. The molecule has 3 fully saturated rings. The third-order valence-corrected chi connectivity index (χ3v) is 13.0. The van der Waals surface area contributed by atoms with Crippen LogP contribution in [0, 0.1) is 11.7 Å². The van der Waals surface area contributed by atoms with E-state index < -0.39 is 74.5 Å². The van der Waals surface area contributed by atoms with E-state index in [2.05, 4.69) is 15.4 Å². The summed E-state index contributed by atoms with van der Waals surface area (Å²) in [6, 6.07) is 8.73. The first-order valence-corrected chi connectivity index (χ1v) is 20.8. The highest BCUT2D eigenvalue weighted by Crippen LogP contribution is 2.46. The van der Waals surface area contributed by atoms with Gasteiger partial charge in [-0.05, 0) is 68.9 Å². The summed E-state index contributed by atoms with van der Waals surface area (Å²) in [5.74, 6) is -2.39. The number of amides is 4. The van der Waals surface area contributed by atoms with Gasteiger partial charge in [-0.15, -0.1) is 0 Å². The van der Waals surface area contributed by atoms with Crippen molar-refractivity contribution in [3.8, 4) is 23.0 Å². The predicted molar refractivity (Wildman–Crippen MR) is 206 cm³/mol. The number of nitrogens with one attached hydrogen (secondary N) is 3. The van der Waals surface area contributed by atoms with Gasteiger partial charge >= 0.3 is 6.09 Å². The number of sulfonamides is 1. The summed E-state index contributed by atoms with van der Waals surface area (Å²) in [7, 11) is -1.23. The Labute approximate surface area is 332 Å². The number of alkyl carbamates (subject to hydrolysis) is 1. The van der Waals surface area contributed by atoms with Gasteiger partial charge in [-0.25, -0.2) is 22.6 Å². The second-order valence-electron chi connectivity index (χ2n) is 15.2. The fraction of sp³-hybridized carbons (Fsp3) is 0.450. The van der Waals surface area contributed by atoms with Gasteiger partial charge in [0.25, 0.3) is 11.8 Å². The standard InChI is InChI=1S/C40H43FN6O10S/c1-54-25-11-8-9-22(17-25)34-43-32-28-18-24(41)13-16-31(28)57-33(32)36(44-34)56-26-19-30-35(48)45-40(38(50)46-58(52,53)27-14-15-27)20-23(40)10-6-4-3-5-7-12-29(42-39(51)55-2)37(49)47(30)21-26/h6,8-11,13,16-18,23,26-27,29-30H,3-5,7,12,14-15,19-21H2,1-2H3,(H,42,51)(H,45,48)(H,46,50)/b10-6-/t23-,26-,29+,30+,40-/m1/s1. The van der Waals surface area contributed by atoms with E-state index in [0.717, 1.165) is 12.8 Å². The van der Waals surface area contributed by atoms with E-state index in [0.29, 0.717) is 48.0 Å². The smallest absolute Gasteiger partial charge is 0.407 e. The normalized spacial score (nSPS) is 25.7. The van der Waals surface area contributed by atoms with Crippen LogP contribution in [0.4, 0.5) is 9.18 Å². The van der Waals surface area contributed by atoms with Crippen LogP contribution in [0.15, 0.2) is 59.0 Å². The predicted octanol–water partition coefficient (Wildman–Crippen LogP) is 4.27. The highest BCUT2D eigenvalue weighted by atomic mass is 32.2. The molecule has 306 valence electrons. The molecule has 2 aromatic heterocycles. The first kappa shape index (κ1) is 39.1. The molecule has 4 amide bonds. The maximum Gasteiger partial charge on any atom is 0.407 e. The van der Waals surface area contributed by atoms with Crippen LogP contribution >= 0.6 is 0 Å². The highest BCUT2D eigenvalue weighted by molar-refractivity contribution is 7.91. The number of carbonyl (C=O) groups is 4. The Bertz CT molecular complexity index is 2440. The summed E-state index contributed by atoms with van der Waals surface area (Å²) in [6.07, 6.45) is 5.95. The van der Waals surface area contributed by atoms with Crippen molar-refractivity contribution in [2.24, 2.45) is 5.92 Å². The van der Waals surface area contributed by atoms with Crippen molar-refractivity contribution in [2.45, 2.75) is 86.8 Å². The Morgan fingerprint density at radius 1 is 1.05 bits per heavy atom. The summed E-state index contributed by atoms with van der Waals surface area (Å²) in [4.78, 5) is 65.9. The van der Waals surface area contributed by atoms with Gasteiger partial charge in [0.1, 0.15) is 46.4 Å². The number of ether oxygens (including phenoxy) is 3. The third kappa shape index (κ3) is 7.76. The van der Waals surface area contributed by atoms with Crippen LogP contribution in [0.3, 0.4) is 0 Å². The lowest BCUT2D eigenvalue weighted by atomic mass is 10.1. The Hall–Kier alpha value is -5.78. The van der Waals surface area contributed by atoms with E-state index in [1.807, 2.05) is 12.2 Å². The number of hydrogen-bond donors (Lipinski definition) is 3. The van der Waals surface area contributed by atoms with Crippen molar-refractivity contribution in [1.29, 1.82) is 0 Å². The van der Waals surface area contributed by atoms with Gasteiger partial charge in [0, 0.05) is 23.3 Å². The van der Waals surface area contributed by atoms with Crippen LogP contribution in [0.25, 0.3) is 33.5 Å². The molecule has 0 radical (unpaired) electrons. The van der Waals surface area contributed by atoms with E-state index >= 15 is 0 Å².